The fraction of sp³-hybridized carbons (Fsp3) is 0. The SMILES string of the molecule is O=C(NO)c1ccc(I)c(F)c1. The summed E-state index contributed by atoms with van der Waals surface area (Å²) in [6, 6.07) is 3.95. The molecular formula is C7H5FINO2. The van der Waals surface area contributed by atoms with E-state index >= 15 is 0 Å². The molecule has 0 atom stereocenters. The van der Waals surface area contributed by atoms with E-state index in [9.17, 15) is 9.18 Å². The van der Waals surface area contributed by atoms with Crippen LogP contribution in [0.3, 0.4) is 0 Å². The molecule has 0 heterocycles. The smallest absolute Gasteiger partial charge is 0.274 e. The molecule has 0 saturated heterocycles. The number of benzene rings is 1. The molecular weight excluding hydrogens is 276 g/mol. The Hall–Kier alpha value is -0.690. The van der Waals surface area contributed by atoms with Gasteiger partial charge in [0.1, 0.15) is 5.82 Å². The van der Waals surface area contributed by atoms with Crippen LogP contribution in [0.5, 0.6) is 0 Å². The number of hydrogen-bond donors (Lipinski definition) is 2. The van der Waals surface area contributed by atoms with E-state index in [-0.39, 0.29) is 5.56 Å². The van der Waals surface area contributed by atoms with Crippen LogP contribution >= 0.6 is 22.6 Å². The Morgan fingerprint density at radius 3 is 2.75 bits per heavy atom. The average molecular weight is 281 g/mol. The summed E-state index contributed by atoms with van der Waals surface area (Å²) in [7, 11) is 0. The first-order valence-electron chi connectivity index (χ1n) is 3.04. The number of carbonyl (C=O) groups excluding carboxylic acids is 1. The summed E-state index contributed by atoms with van der Waals surface area (Å²) in [5, 5.41) is 8.22. The Labute approximate surface area is 81.7 Å². The summed E-state index contributed by atoms with van der Waals surface area (Å²) < 4.78 is 13.2. The van der Waals surface area contributed by atoms with Crippen molar-refractivity contribution >= 4 is 28.5 Å². The molecule has 0 fully saturated rings. The molecule has 0 spiro atoms. The van der Waals surface area contributed by atoms with Crippen LogP contribution in [-0.4, -0.2) is 11.1 Å². The van der Waals surface area contributed by atoms with Crippen LogP contribution in [0.4, 0.5) is 4.39 Å². The first-order valence-corrected chi connectivity index (χ1v) is 4.12. The Morgan fingerprint density at radius 1 is 1.58 bits per heavy atom. The second kappa shape index (κ2) is 3.81. The van der Waals surface area contributed by atoms with Crippen molar-refractivity contribution in [1.29, 1.82) is 0 Å². The van der Waals surface area contributed by atoms with E-state index in [2.05, 4.69) is 0 Å². The molecule has 0 aliphatic carbocycles. The number of carbonyl (C=O) groups is 1. The fourth-order valence-electron chi connectivity index (χ4n) is 0.702. The monoisotopic (exact) mass is 281 g/mol. The number of halogens is 2. The second-order valence-corrected chi connectivity index (χ2v) is 3.23. The highest BCUT2D eigenvalue weighted by Crippen LogP contribution is 2.12. The molecule has 0 unspecified atom stereocenters. The molecule has 1 rings (SSSR count). The molecule has 0 aromatic heterocycles. The summed E-state index contributed by atoms with van der Waals surface area (Å²) in [4.78, 5) is 10.7. The van der Waals surface area contributed by atoms with Crippen molar-refractivity contribution in [3.8, 4) is 0 Å². The number of hydrogen-bond acceptors (Lipinski definition) is 2. The van der Waals surface area contributed by atoms with E-state index in [1.165, 1.54) is 17.6 Å². The van der Waals surface area contributed by atoms with E-state index in [0.717, 1.165) is 6.07 Å². The van der Waals surface area contributed by atoms with Crippen LogP contribution in [0.25, 0.3) is 0 Å². The lowest BCUT2D eigenvalue weighted by molar-refractivity contribution is 0.0706. The predicted molar refractivity (Wildman–Crippen MR) is 48.4 cm³/mol. The van der Waals surface area contributed by atoms with Gasteiger partial charge >= 0.3 is 0 Å². The summed E-state index contributed by atoms with van der Waals surface area (Å²) in [6.45, 7) is 0. The molecule has 5 heteroatoms. The molecule has 1 amide bonds. The molecule has 0 aliphatic heterocycles. The highest BCUT2D eigenvalue weighted by Gasteiger charge is 2.06. The average Bonchev–Trinajstić information content (AvgIpc) is 2.08. The minimum Gasteiger partial charge on any atom is -0.288 e. The topological polar surface area (TPSA) is 49.3 Å². The number of amides is 1. The van der Waals surface area contributed by atoms with Gasteiger partial charge in [-0.3, -0.25) is 10.0 Å². The van der Waals surface area contributed by atoms with Gasteiger partial charge in [0.2, 0.25) is 0 Å². The Kier molecular flexibility index (Phi) is 2.99. The lowest BCUT2D eigenvalue weighted by Crippen LogP contribution is -2.18. The minimum absolute atomic E-state index is 0.0930. The van der Waals surface area contributed by atoms with Crippen molar-refractivity contribution in [1.82, 2.24) is 5.48 Å². The van der Waals surface area contributed by atoms with Gasteiger partial charge in [-0.1, -0.05) is 0 Å². The van der Waals surface area contributed by atoms with Gasteiger partial charge in [-0.15, -0.1) is 0 Å². The molecule has 2 N–H and O–H groups in total. The van der Waals surface area contributed by atoms with Crippen molar-refractivity contribution in [3.05, 3.63) is 33.1 Å². The number of rotatable bonds is 1. The highest BCUT2D eigenvalue weighted by molar-refractivity contribution is 14.1. The van der Waals surface area contributed by atoms with E-state index in [4.69, 9.17) is 5.21 Å². The van der Waals surface area contributed by atoms with E-state index in [1.54, 1.807) is 0 Å². The van der Waals surface area contributed by atoms with Gasteiger partial charge in [0.15, 0.2) is 0 Å². The van der Waals surface area contributed by atoms with Gasteiger partial charge in [0, 0.05) is 9.13 Å². The van der Waals surface area contributed by atoms with Crippen molar-refractivity contribution < 1.29 is 14.4 Å². The first kappa shape index (κ1) is 9.40. The van der Waals surface area contributed by atoms with Gasteiger partial charge in [0.05, 0.1) is 0 Å². The van der Waals surface area contributed by atoms with Gasteiger partial charge < -0.3 is 0 Å². The molecule has 0 saturated carbocycles. The van der Waals surface area contributed by atoms with E-state index in [1.807, 2.05) is 22.6 Å². The van der Waals surface area contributed by atoms with Crippen LogP contribution in [0.2, 0.25) is 0 Å². The van der Waals surface area contributed by atoms with Crippen LogP contribution < -0.4 is 5.48 Å². The molecule has 0 radical (unpaired) electrons. The lowest BCUT2D eigenvalue weighted by Gasteiger charge is -1.99. The molecule has 1 aromatic carbocycles. The zero-order chi connectivity index (χ0) is 9.14. The third-order valence-corrected chi connectivity index (χ3v) is 2.16. The molecule has 3 nitrogen and oxygen atoms in total. The van der Waals surface area contributed by atoms with E-state index < -0.39 is 11.7 Å². The Bertz CT molecular complexity index is 316. The third kappa shape index (κ3) is 1.92. The maximum atomic E-state index is 12.8. The summed E-state index contributed by atoms with van der Waals surface area (Å²) in [5.74, 6) is -1.19. The Morgan fingerprint density at radius 2 is 2.25 bits per heavy atom. The van der Waals surface area contributed by atoms with Crippen LogP contribution in [-0.2, 0) is 0 Å². The third-order valence-electron chi connectivity index (χ3n) is 1.28. The van der Waals surface area contributed by atoms with Gasteiger partial charge in [-0.2, -0.15) is 0 Å². The van der Waals surface area contributed by atoms with Crippen LogP contribution in [0, 0.1) is 9.39 Å². The van der Waals surface area contributed by atoms with Crippen molar-refractivity contribution in [2.75, 3.05) is 0 Å². The van der Waals surface area contributed by atoms with Gasteiger partial charge in [-0.05, 0) is 40.8 Å². The molecule has 0 bridgehead atoms. The van der Waals surface area contributed by atoms with Gasteiger partial charge in [0.25, 0.3) is 5.91 Å². The lowest BCUT2D eigenvalue weighted by atomic mass is 10.2. The number of nitrogens with one attached hydrogen (secondary N) is 1. The molecule has 64 valence electrons. The van der Waals surface area contributed by atoms with Crippen LogP contribution in [0.1, 0.15) is 10.4 Å². The minimum atomic E-state index is -0.717. The van der Waals surface area contributed by atoms with Crippen molar-refractivity contribution in [2.24, 2.45) is 0 Å². The second-order valence-electron chi connectivity index (χ2n) is 2.07. The van der Waals surface area contributed by atoms with Crippen LogP contribution in [0.15, 0.2) is 18.2 Å². The largest absolute Gasteiger partial charge is 0.288 e. The first-order chi connectivity index (χ1) is 5.65. The maximum absolute atomic E-state index is 12.8. The predicted octanol–water partition coefficient (Wildman–Crippen LogP) is 1.55. The maximum Gasteiger partial charge on any atom is 0.274 e. The molecule has 0 aliphatic rings. The zero-order valence-electron chi connectivity index (χ0n) is 5.84. The summed E-state index contributed by atoms with van der Waals surface area (Å²) in [5.41, 5.74) is 1.51. The summed E-state index contributed by atoms with van der Waals surface area (Å²) in [6.07, 6.45) is 0. The molecule has 12 heavy (non-hydrogen) atoms. The fourth-order valence-corrected chi connectivity index (χ4v) is 1.04. The highest BCUT2D eigenvalue weighted by atomic mass is 127. The Balaban J connectivity index is 3.05. The number of hydroxylamine groups is 1. The standard InChI is InChI=1S/C7H5FINO2/c8-5-3-4(7(11)10-12)1-2-6(5)9/h1-3,12H,(H,10,11). The normalized spacial score (nSPS) is 9.58. The van der Waals surface area contributed by atoms with Crippen molar-refractivity contribution in [2.45, 2.75) is 0 Å². The molecule has 1 aromatic rings. The quantitative estimate of drug-likeness (QED) is 0.466. The summed E-state index contributed by atoms with van der Waals surface area (Å²) >= 11 is 1.81. The van der Waals surface area contributed by atoms with E-state index in [0.29, 0.717) is 3.57 Å². The zero-order valence-corrected chi connectivity index (χ0v) is 8.00. The van der Waals surface area contributed by atoms with Gasteiger partial charge in [-0.25, -0.2) is 9.87 Å². The van der Waals surface area contributed by atoms with Crippen molar-refractivity contribution in [3.63, 3.8) is 0 Å².